The molecule has 0 unspecified atom stereocenters. The van der Waals surface area contributed by atoms with Gasteiger partial charge in [0, 0.05) is 18.0 Å². The number of rotatable bonds is 4. The molecule has 2 aromatic heterocycles. The van der Waals surface area contributed by atoms with Crippen molar-refractivity contribution >= 4 is 0 Å². The van der Waals surface area contributed by atoms with Gasteiger partial charge in [-0.15, -0.1) is 10.2 Å². The highest BCUT2D eigenvalue weighted by molar-refractivity contribution is 5.58. The minimum atomic E-state index is 0.679. The molecule has 0 aliphatic carbocycles. The van der Waals surface area contributed by atoms with Gasteiger partial charge < -0.3 is 0 Å². The molecule has 0 amide bonds. The molecule has 0 radical (unpaired) electrons. The number of pyridine rings is 1. The fraction of sp³-hybridized carbons (Fsp3) is 0.200. The number of hydrogen-bond donors (Lipinski definition) is 0. The Morgan fingerprint density at radius 2 is 1.85 bits per heavy atom. The molecule has 2 heterocycles. The van der Waals surface area contributed by atoms with Gasteiger partial charge in [0.05, 0.1) is 6.54 Å². The molecule has 0 fully saturated rings. The lowest BCUT2D eigenvalue weighted by molar-refractivity contribution is 0.522. The third kappa shape index (κ3) is 2.71. The van der Waals surface area contributed by atoms with Gasteiger partial charge in [0.15, 0.2) is 0 Å². The van der Waals surface area contributed by atoms with E-state index in [1.54, 1.807) is 17.2 Å². The summed E-state index contributed by atoms with van der Waals surface area (Å²) in [6.07, 6.45) is 4.46. The smallest absolute Gasteiger partial charge is 0.205 e. The van der Waals surface area contributed by atoms with E-state index >= 15 is 0 Å². The fourth-order valence-electron chi connectivity index (χ4n) is 2.05. The maximum absolute atomic E-state index is 4.44. The summed E-state index contributed by atoms with van der Waals surface area (Å²) in [6, 6.07) is 12.1. The topological polar surface area (TPSA) is 56.5 Å². The number of tetrazole rings is 1. The second kappa shape index (κ2) is 5.61. The number of aromatic nitrogens is 5. The molecule has 0 spiro atoms. The largest absolute Gasteiger partial charge is 0.265 e. The molecule has 100 valence electrons. The lowest BCUT2D eigenvalue weighted by Gasteiger charge is -2.00. The molecule has 0 N–H and O–H groups in total. The molecule has 0 aliphatic heterocycles. The van der Waals surface area contributed by atoms with E-state index in [2.05, 4.69) is 20.4 Å². The van der Waals surface area contributed by atoms with Crippen LogP contribution in [0.3, 0.4) is 0 Å². The Morgan fingerprint density at radius 3 is 2.65 bits per heavy atom. The predicted molar refractivity (Wildman–Crippen MR) is 75.9 cm³/mol. The molecule has 0 saturated carbocycles. The van der Waals surface area contributed by atoms with Crippen molar-refractivity contribution < 1.29 is 0 Å². The Labute approximate surface area is 117 Å². The van der Waals surface area contributed by atoms with Crippen LogP contribution in [-0.4, -0.2) is 25.2 Å². The molecule has 5 heteroatoms. The third-order valence-electron chi connectivity index (χ3n) is 3.19. The summed E-state index contributed by atoms with van der Waals surface area (Å²) in [5.41, 5.74) is 3.40. The van der Waals surface area contributed by atoms with E-state index in [0.717, 1.165) is 17.5 Å². The normalized spacial score (nSPS) is 10.7. The van der Waals surface area contributed by atoms with Crippen molar-refractivity contribution in [3.63, 3.8) is 0 Å². The highest BCUT2D eigenvalue weighted by Gasteiger charge is 2.07. The molecule has 20 heavy (non-hydrogen) atoms. The van der Waals surface area contributed by atoms with Gasteiger partial charge in [0.25, 0.3) is 0 Å². The summed E-state index contributed by atoms with van der Waals surface area (Å²) < 4.78 is 0. The van der Waals surface area contributed by atoms with Gasteiger partial charge in [0.1, 0.15) is 0 Å². The van der Waals surface area contributed by atoms with Crippen molar-refractivity contribution in [1.29, 1.82) is 0 Å². The zero-order valence-electron chi connectivity index (χ0n) is 11.3. The first-order valence-corrected chi connectivity index (χ1v) is 6.55. The predicted octanol–water partition coefficient (Wildman–Crippen LogP) is 2.29. The third-order valence-corrected chi connectivity index (χ3v) is 3.19. The van der Waals surface area contributed by atoms with E-state index < -0.39 is 0 Å². The van der Waals surface area contributed by atoms with Gasteiger partial charge in [-0.25, -0.2) is 0 Å². The van der Waals surface area contributed by atoms with E-state index in [0.29, 0.717) is 12.4 Å². The molecule has 5 nitrogen and oxygen atoms in total. The summed E-state index contributed by atoms with van der Waals surface area (Å²) >= 11 is 0. The van der Waals surface area contributed by atoms with Crippen LogP contribution >= 0.6 is 0 Å². The van der Waals surface area contributed by atoms with Crippen LogP contribution < -0.4 is 0 Å². The standard InChI is InChI=1S/C15H15N5/c1-12-4-2-3-5-14(12)15-17-19-20(18-15)11-8-13-6-9-16-10-7-13/h2-7,9-10H,8,11H2,1H3. The molecule has 0 saturated heterocycles. The second-order valence-electron chi connectivity index (χ2n) is 4.63. The average Bonchev–Trinajstić information content (AvgIpc) is 2.95. The SMILES string of the molecule is Cc1ccccc1-c1nnn(CCc2ccncc2)n1. The highest BCUT2D eigenvalue weighted by Crippen LogP contribution is 2.17. The van der Waals surface area contributed by atoms with E-state index in [-0.39, 0.29) is 0 Å². The van der Waals surface area contributed by atoms with Crippen molar-refractivity contribution in [3.05, 3.63) is 59.9 Å². The monoisotopic (exact) mass is 265 g/mol. The van der Waals surface area contributed by atoms with Crippen LogP contribution in [-0.2, 0) is 13.0 Å². The van der Waals surface area contributed by atoms with Crippen LogP contribution in [0.4, 0.5) is 0 Å². The van der Waals surface area contributed by atoms with Gasteiger partial charge in [-0.2, -0.15) is 4.80 Å². The van der Waals surface area contributed by atoms with Crippen LogP contribution in [0.2, 0.25) is 0 Å². The minimum Gasteiger partial charge on any atom is -0.265 e. The van der Waals surface area contributed by atoms with E-state index in [9.17, 15) is 0 Å². The summed E-state index contributed by atoms with van der Waals surface area (Å²) in [5.74, 6) is 0.679. The summed E-state index contributed by atoms with van der Waals surface area (Å²) in [4.78, 5) is 5.64. The molecule has 3 aromatic rings. The molecule has 0 bridgehead atoms. The first kappa shape index (κ1) is 12.5. The lowest BCUT2D eigenvalue weighted by atomic mass is 10.1. The van der Waals surface area contributed by atoms with E-state index in [4.69, 9.17) is 0 Å². The van der Waals surface area contributed by atoms with Crippen LogP contribution in [0.15, 0.2) is 48.8 Å². The Morgan fingerprint density at radius 1 is 1.05 bits per heavy atom. The van der Waals surface area contributed by atoms with Gasteiger partial charge in [-0.3, -0.25) is 4.98 Å². The lowest BCUT2D eigenvalue weighted by Crippen LogP contribution is -2.05. The number of hydrogen-bond acceptors (Lipinski definition) is 4. The highest BCUT2D eigenvalue weighted by atomic mass is 15.6. The first-order valence-electron chi connectivity index (χ1n) is 6.55. The van der Waals surface area contributed by atoms with Crippen molar-refractivity contribution in [2.24, 2.45) is 0 Å². The maximum atomic E-state index is 4.44. The molecular formula is C15H15N5. The quantitative estimate of drug-likeness (QED) is 0.726. The Kier molecular flexibility index (Phi) is 3.50. The molecular weight excluding hydrogens is 250 g/mol. The van der Waals surface area contributed by atoms with Crippen LogP contribution in [0.25, 0.3) is 11.4 Å². The van der Waals surface area contributed by atoms with Gasteiger partial charge in [0.2, 0.25) is 5.82 Å². The zero-order valence-corrected chi connectivity index (χ0v) is 11.3. The van der Waals surface area contributed by atoms with Crippen molar-refractivity contribution in [1.82, 2.24) is 25.2 Å². The molecule has 0 aliphatic rings. The fourth-order valence-corrected chi connectivity index (χ4v) is 2.05. The number of benzene rings is 1. The van der Waals surface area contributed by atoms with Crippen LogP contribution in [0, 0.1) is 6.92 Å². The first-order chi connectivity index (χ1) is 9.83. The summed E-state index contributed by atoms with van der Waals surface area (Å²) in [7, 11) is 0. The van der Waals surface area contributed by atoms with Crippen molar-refractivity contribution in [3.8, 4) is 11.4 Å². The van der Waals surface area contributed by atoms with E-state index in [1.165, 1.54) is 5.56 Å². The molecule has 3 rings (SSSR count). The summed E-state index contributed by atoms with van der Waals surface area (Å²) in [5, 5.41) is 12.7. The second-order valence-corrected chi connectivity index (χ2v) is 4.63. The molecule has 1 aromatic carbocycles. The van der Waals surface area contributed by atoms with Crippen molar-refractivity contribution in [2.45, 2.75) is 19.9 Å². The van der Waals surface area contributed by atoms with Crippen LogP contribution in [0.5, 0.6) is 0 Å². The zero-order chi connectivity index (χ0) is 13.8. The van der Waals surface area contributed by atoms with Crippen molar-refractivity contribution in [2.75, 3.05) is 0 Å². The maximum Gasteiger partial charge on any atom is 0.205 e. The summed E-state index contributed by atoms with van der Waals surface area (Å²) in [6.45, 7) is 2.76. The Bertz CT molecular complexity index is 690. The molecule has 0 atom stereocenters. The van der Waals surface area contributed by atoms with Gasteiger partial charge in [-0.1, -0.05) is 24.3 Å². The minimum absolute atomic E-state index is 0.679. The van der Waals surface area contributed by atoms with Crippen LogP contribution in [0.1, 0.15) is 11.1 Å². The Hall–Kier alpha value is -2.56. The van der Waals surface area contributed by atoms with E-state index in [1.807, 2.05) is 43.3 Å². The van der Waals surface area contributed by atoms with Gasteiger partial charge >= 0.3 is 0 Å². The average molecular weight is 265 g/mol. The van der Waals surface area contributed by atoms with Gasteiger partial charge in [-0.05, 0) is 41.8 Å². The number of nitrogens with zero attached hydrogens (tertiary/aromatic N) is 5. The number of aryl methyl sites for hydroxylation is 3. The Balaban J connectivity index is 1.73.